The molecule has 0 aliphatic carbocycles. The highest BCUT2D eigenvalue weighted by molar-refractivity contribution is 5.76. The van der Waals surface area contributed by atoms with Crippen LogP contribution in [0, 0.1) is 5.92 Å². The fourth-order valence-corrected chi connectivity index (χ4v) is 2.15. The highest BCUT2D eigenvalue weighted by Gasteiger charge is 2.19. The van der Waals surface area contributed by atoms with Gasteiger partial charge in [0.25, 0.3) is 0 Å². The van der Waals surface area contributed by atoms with Crippen molar-refractivity contribution in [1.29, 1.82) is 0 Å². The van der Waals surface area contributed by atoms with Crippen LogP contribution in [0.15, 0.2) is 0 Å². The smallest absolute Gasteiger partial charge is 0.222 e. The third kappa shape index (κ3) is 4.20. The Labute approximate surface area is 93.2 Å². The number of piperazine rings is 1. The molecule has 0 aromatic carbocycles. The van der Waals surface area contributed by atoms with Crippen molar-refractivity contribution in [3.8, 4) is 0 Å². The molecule has 0 saturated carbocycles. The molecule has 0 bridgehead atoms. The highest BCUT2D eigenvalue weighted by Crippen LogP contribution is 2.16. The Morgan fingerprint density at radius 1 is 1.33 bits per heavy atom. The summed E-state index contributed by atoms with van der Waals surface area (Å²) < 4.78 is 0. The van der Waals surface area contributed by atoms with Crippen molar-refractivity contribution in [2.24, 2.45) is 5.92 Å². The molecule has 1 rings (SSSR count). The Hall–Kier alpha value is -0.570. The summed E-state index contributed by atoms with van der Waals surface area (Å²) in [6.45, 7) is 8.07. The van der Waals surface area contributed by atoms with E-state index in [2.05, 4.69) is 19.2 Å². The van der Waals surface area contributed by atoms with Gasteiger partial charge in [0.1, 0.15) is 0 Å². The van der Waals surface area contributed by atoms with Gasteiger partial charge in [0.15, 0.2) is 0 Å². The van der Waals surface area contributed by atoms with E-state index in [1.807, 2.05) is 4.90 Å². The van der Waals surface area contributed by atoms with Gasteiger partial charge in [0, 0.05) is 32.6 Å². The standard InChI is InChI=1S/C12H24N2O/c1-3-5-11(4-2)10-12(15)14-8-6-13-7-9-14/h11,13H,3-10H2,1-2H3. The van der Waals surface area contributed by atoms with E-state index in [0.717, 1.165) is 39.0 Å². The van der Waals surface area contributed by atoms with E-state index in [1.165, 1.54) is 12.8 Å². The fraction of sp³-hybridized carbons (Fsp3) is 0.917. The minimum atomic E-state index is 0.358. The first-order chi connectivity index (χ1) is 7.27. The lowest BCUT2D eigenvalue weighted by Crippen LogP contribution is -2.46. The van der Waals surface area contributed by atoms with Gasteiger partial charge in [-0.25, -0.2) is 0 Å². The van der Waals surface area contributed by atoms with E-state index < -0.39 is 0 Å². The van der Waals surface area contributed by atoms with Crippen molar-refractivity contribution in [3.63, 3.8) is 0 Å². The third-order valence-corrected chi connectivity index (χ3v) is 3.21. The summed E-state index contributed by atoms with van der Waals surface area (Å²) in [7, 11) is 0. The fourth-order valence-electron chi connectivity index (χ4n) is 2.15. The number of hydrogen-bond acceptors (Lipinski definition) is 2. The molecule has 1 saturated heterocycles. The van der Waals surface area contributed by atoms with Gasteiger partial charge in [-0.05, 0) is 5.92 Å². The van der Waals surface area contributed by atoms with Gasteiger partial charge in [0.05, 0.1) is 0 Å². The van der Waals surface area contributed by atoms with Crippen molar-refractivity contribution in [2.45, 2.75) is 39.5 Å². The van der Waals surface area contributed by atoms with E-state index in [1.54, 1.807) is 0 Å². The average Bonchev–Trinajstić information content (AvgIpc) is 2.29. The molecular formula is C12H24N2O. The molecule has 1 N–H and O–H groups in total. The predicted molar refractivity (Wildman–Crippen MR) is 62.8 cm³/mol. The number of rotatable bonds is 5. The Balaban J connectivity index is 2.31. The zero-order chi connectivity index (χ0) is 11.1. The van der Waals surface area contributed by atoms with Crippen LogP contribution in [0.2, 0.25) is 0 Å². The third-order valence-electron chi connectivity index (χ3n) is 3.21. The Morgan fingerprint density at radius 3 is 2.53 bits per heavy atom. The molecule has 0 aromatic heterocycles. The van der Waals surface area contributed by atoms with Crippen molar-refractivity contribution < 1.29 is 4.79 Å². The number of carbonyl (C=O) groups excluding carboxylic acids is 1. The molecule has 3 nitrogen and oxygen atoms in total. The molecule has 1 unspecified atom stereocenters. The second kappa shape index (κ2) is 6.83. The number of amides is 1. The van der Waals surface area contributed by atoms with Crippen LogP contribution >= 0.6 is 0 Å². The molecule has 1 aliphatic heterocycles. The molecule has 3 heteroatoms. The van der Waals surface area contributed by atoms with Crippen LogP contribution < -0.4 is 5.32 Å². The molecule has 88 valence electrons. The monoisotopic (exact) mass is 212 g/mol. The Morgan fingerprint density at radius 2 is 2.00 bits per heavy atom. The molecule has 1 amide bonds. The van der Waals surface area contributed by atoms with Crippen molar-refractivity contribution in [1.82, 2.24) is 10.2 Å². The summed E-state index contributed by atoms with van der Waals surface area (Å²) in [5.74, 6) is 0.953. The lowest BCUT2D eigenvalue weighted by molar-refractivity contribution is -0.132. The minimum absolute atomic E-state index is 0.358. The molecule has 1 atom stereocenters. The number of hydrogen-bond donors (Lipinski definition) is 1. The first kappa shape index (κ1) is 12.5. The number of nitrogens with one attached hydrogen (secondary N) is 1. The maximum Gasteiger partial charge on any atom is 0.222 e. The summed E-state index contributed by atoms with van der Waals surface area (Å²) >= 11 is 0. The van der Waals surface area contributed by atoms with Gasteiger partial charge in [0.2, 0.25) is 5.91 Å². The minimum Gasteiger partial charge on any atom is -0.340 e. The summed E-state index contributed by atoms with van der Waals surface area (Å²) in [4.78, 5) is 13.9. The zero-order valence-electron chi connectivity index (χ0n) is 10.1. The van der Waals surface area contributed by atoms with E-state index in [9.17, 15) is 4.79 Å². The molecule has 0 radical (unpaired) electrons. The van der Waals surface area contributed by atoms with E-state index in [4.69, 9.17) is 0 Å². The molecular weight excluding hydrogens is 188 g/mol. The van der Waals surface area contributed by atoms with Crippen molar-refractivity contribution >= 4 is 5.91 Å². The van der Waals surface area contributed by atoms with E-state index >= 15 is 0 Å². The second-order valence-electron chi connectivity index (χ2n) is 4.40. The zero-order valence-corrected chi connectivity index (χ0v) is 10.1. The summed E-state index contributed by atoms with van der Waals surface area (Å²) in [5, 5.41) is 3.27. The van der Waals surface area contributed by atoms with E-state index in [-0.39, 0.29) is 0 Å². The SMILES string of the molecule is CCCC(CC)CC(=O)N1CCNCC1. The molecule has 1 heterocycles. The second-order valence-corrected chi connectivity index (χ2v) is 4.40. The van der Waals surface area contributed by atoms with Crippen LogP contribution in [-0.2, 0) is 4.79 Å². The topological polar surface area (TPSA) is 32.3 Å². The number of carbonyl (C=O) groups is 1. The maximum absolute atomic E-state index is 11.9. The van der Waals surface area contributed by atoms with Crippen LogP contribution in [0.4, 0.5) is 0 Å². The van der Waals surface area contributed by atoms with Crippen LogP contribution in [-0.4, -0.2) is 37.0 Å². The summed E-state index contributed by atoms with van der Waals surface area (Å²) in [6, 6.07) is 0. The van der Waals surface area contributed by atoms with Crippen molar-refractivity contribution in [3.05, 3.63) is 0 Å². The Bertz CT molecular complexity index is 188. The van der Waals surface area contributed by atoms with Gasteiger partial charge in [-0.15, -0.1) is 0 Å². The molecule has 15 heavy (non-hydrogen) atoms. The van der Waals surface area contributed by atoms with Gasteiger partial charge in [-0.2, -0.15) is 0 Å². The van der Waals surface area contributed by atoms with Crippen molar-refractivity contribution in [2.75, 3.05) is 26.2 Å². The van der Waals surface area contributed by atoms with Gasteiger partial charge < -0.3 is 10.2 Å². The highest BCUT2D eigenvalue weighted by atomic mass is 16.2. The normalized spacial score (nSPS) is 18.9. The van der Waals surface area contributed by atoms with Crippen LogP contribution in [0.25, 0.3) is 0 Å². The quantitative estimate of drug-likeness (QED) is 0.751. The first-order valence-corrected chi connectivity index (χ1v) is 6.26. The van der Waals surface area contributed by atoms with E-state index in [0.29, 0.717) is 11.8 Å². The molecule has 0 spiro atoms. The van der Waals surface area contributed by atoms with Crippen LogP contribution in [0.1, 0.15) is 39.5 Å². The summed E-state index contributed by atoms with van der Waals surface area (Å²) in [6.07, 6.45) is 4.26. The maximum atomic E-state index is 11.9. The number of nitrogens with zero attached hydrogens (tertiary/aromatic N) is 1. The Kier molecular flexibility index (Phi) is 5.69. The van der Waals surface area contributed by atoms with Crippen LogP contribution in [0.5, 0.6) is 0 Å². The van der Waals surface area contributed by atoms with Gasteiger partial charge >= 0.3 is 0 Å². The molecule has 1 aliphatic rings. The first-order valence-electron chi connectivity index (χ1n) is 6.26. The van der Waals surface area contributed by atoms with Gasteiger partial charge in [-0.3, -0.25) is 4.79 Å². The lowest BCUT2D eigenvalue weighted by atomic mass is 9.96. The largest absolute Gasteiger partial charge is 0.340 e. The predicted octanol–water partition coefficient (Wildman–Crippen LogP) is 1.63. The lowest BCUT2D eigenvalue weighted by Gasteiger charge is -2.28. The summed E-state index contributed by atoms with van der Waals surface area (Å²) in [5.41, 5.74) is 0. The van der Waals surface area contributed by atoms with Gasteiger partial charge in [-0.1, -0.05) is 33.1 Å². The average molecular weight is 212 g/mol. The van der Waals surface area contributed by atoms with Crippen LogP contribution in [0.3, 0.4) is 0 Å². The molecule has 1 fully saturated rings. The molecule has 0 aromatic rings.